The van der Waals surface area contributed by atoms with Crippen molar-refractivity contribution in [1.29, 1.82) is 5.26 Å². The molecule has 1 rings (SSSR count). The largest absolute Gasteiger partial charge is 0.398 e. The lowest BCUT2D eigenvalue weighted by atomic mass is 10.3. The first-order valence-electron chi connectivity index (χ1n) is 5.74. The van der Waals surface area contributed by atoms with Crippen LogP contribution in [0.4, 0.5) is 5.69 Å². The van der Waals surface area contributed by atoms with Gasteiger partial charge in [-0.15, -0.1) is 0 Å². The average molecular weight is 346 g/mol. The Kier molecular flexibility index (Phi) is 5.35. The summed E-state index contributed by atoms with van der Waals surface area (Å²) in [5.74, 6) is 0. The van der Waals surface area contributed by atoms with Gasteiger partial charge in [0.1, 0.15) is 4.90 Å². The van der Waals surface area contributed by atoms with E-state index in [0.717, 1.165) is 0 Å². The van der Waals surface area contributed by atoms with Gasteiger partial charge in [-0.3, -0.25) is 0 Å². The highest BCUT2D eigenvalue weighted by Gasteiger charge is 2.28. The van der Waals surface area contributed by atoms with Crippen molar-refractivity contribution in [3.8, 4) is 6.07 Å². The van der Waals surface area contributed by atoms with Crippen LogP contribution in [0.25, 0.3) is 0 Å². The predicted octanol–water partition coefficient (Wildman–Crippen LogP) is 2.34. The summed E-state index contributed by atoms with van der Waals surface area (Å²) >= 11 is 3.24. The van der Waals surface area contributed by atoms with Gasteiger partial charge in [0.2, 0.25) is 10.0 Å². The van der Waals surface area contributed by atoms with E-state index in [4.69, 9.17) is 11.0 Å². The highest BCUT2D eigenvalue weighted by Crippen LogP contribution is 2.27. The van der Waals surface area contributed by atoms with Gasteiger partial charge >= 0.3 is 0 Å². The molecule has 0 bridgehead atoms. The fourth-order valence-electron chi connectivity index (χ4n) is 1.67. The van der Waals surface area contributed by atoms with Crippen LogP contribution in [0.5, 0.6) is 0 Å². The van der Waals surface area contributed by atoms with Gasteiger partial charge in [-0.2, -0.15) is 9.57 Å². The second-order valence-corrected chi connectivity index (χ2v) is 7.07. The number of nitrogens with two attached hydrogens (primary N) is 1. The minimum Gasteiger partial charge on any atom is -0.398 e. The summed E-state index contributed by atoms with van der Waals surface area (Å²) in [5.41, 5.74) is 5.95. The number of nitrogen functional groups attached to an aromatic ring is 1. The van der Waals surface area contributed by atoms with E-state index in [9.17, 15) is 8.42 Å². The highest BCUT2D eigenvalue weighted by atomic mass is 79.9. The monoisotopic (exact) mass is 345 g/mol. The number of benzene rings is 1. The number of rotatable bonds is 5. The van der Waals surface area contributed by atoms with Gasteiger partial charge in [0.05, 0.1) is 11.8 Å². The summed E-state index contributed by atoms with van der Waals surface area (Å²) in [6.45, 7) is 3.69. The molecule has 1 aromatic carbocycles. The highest BCUT2D eigenvalue weighted by molar-refractivity contribution is 9.10. The Morgan fingerprint density at radius 1 is 1.47 bits per heavy atom. The van der Waals surface area contributed by atoms with Gasteiger partial charge in [-0.1, -0.05) is 15.9 Å². The molecule has 5 nitrogen and oxygen atoms in total. The van der Waals surface area contributed by atoms with Crippen molar-refractivity contribution in [3.63, 3.8) is 0 Å². The minimum atomic E-state index is -3.70. The Balaban J connectivity index is 3.27. The van der Waals surface area contributed by atoms with E-state index in [1.165, 1.54) is 10.4 Å². The number of sulfonamides is 1. The van der Waals surface area contributed by atoms with Crippen molar-refractivity contribution in [3.05, 3.63) is 22.7 Å². The lowest BCUT2D eigenvalue weighted by molar-refractivity contribution is 0.360. The number of hydrogen-bond acceptors (Lipinski definition) is 4. The SMILES string of the molecule is CC(C)N(CCC#N)S(=O)(=O)c1cc(Br)ccc1N. The molecule has 0 heterocycles. The van der Waals surface area contributed by atoms with Crippen molar-refractivity contribution >= 4 is 31.6 Å². The number of nitrogens with zero attached hydrogens (tertiary/aromatic N) is 2. The fraction of sp³-hybridized carbons (Fsp3) is 0.417. The lowest BCUT2D eigenvalue weighted by Crippen LogP contribution is -2.37. The predicted molar refractivity (Wildman–Crippen MR) is 77.8 cm³/mol. The Morgan fingerprint density at radius 3 is 2.63 bits per heavy atom. The van der Waals surface area contributed by atoms with Crippen LogP contribution in [0.15, 0.2) is 27.6 Å². The van der Waals surface area contributed by atoms with Crippen molar-refractivity contribution < 1.29 is 8.42 Å². The van der Waals surface area contributed by atoms with E-state index >= 15 is 0 Å². The quantitative estimate of drug-likeness (QED) is 0.829. The summed E-state index contributed by atoms with van der Waals surface area (Å²) in [4.78, 5) is 0.0634. The molecular weight excluding hydrogens is 330 g/mol. The number of halogens is 1. The Bertz CT molecular complexity index is 593. The summed E-state index contributed by atoms with van der Waals surface area (Å²) in [5, 5.41) is 8.63. The lowest BCUT2D eigenvalue weighted by Gasteiger charge is -2.25. The summed E-state index contributed by atoms with van der Waals surface area (Å²) < 4.78 is 27.1. The van der Waals surface area contributed by atoms with Gasteiger partial charge in [0, 0.05) is 23.5 Å². The molecule has 104 valence electrons. The van der Waals surface area contributed by atoms with Crippen LogP contribution >= 0.6 is 15.9 Å². The Labute approximate surface area is 122 Å². The first kappa shape index (κ1) is 16.0. The standard InChI is InChI=1S/C12H16BrN3O2S/c1-9(2)16(7-3-6-14)19(17,18)12-8-10(13)4-5-11(12)15/h4-5,8-9H,3,7,15H2,1-2H3. The van der Waals surface area contributed by atoms with E-state index in [-0.39, 0.29) is 29.6 Å². The molecule has 7 heteroatoms. The molecule has 0 fully saturated rings. The summed E-state index contributed by atoms with van der Waals surface area (Å²) in [7, 11) is -3.70. The van der Waals surface area contributed by atoms with Gasteiger partial charge < -0.3 is 5.73 Å². The normalized spacial score (nSPS) is 11.8. The molecule has 0 saturated heterocycles. The van der Waals surface area contributed by atoms with Crippen molar-refractivity contribution in [2.45, 2.75) is 31.2 Å². The van der Waals surface area contributed by atoms with E-state index in [2.05, 4.69) is 15.9 Å². The number of hydrogen-bond donors (Lipinski definition) is 1. The Hall–Kier alpha value is -1.10. The molecule has 0 radical (unpaired) electrons. The van der Waals surface area contributed by atoms with Crippen LogP contribution in [-0.4, -0.2) is 25.3 Å². The maximum absolute atomic E-state index is 12.6. The van der Waals surface area contributed by atoms with Crippen molar-refractivity contribution in [2.75, 3.05) is 12.3 Å². The molecule has 0 aromatic heterocycles. The molecule has 0 unspecified atom stereocenters. The maximum Gasteiger partial charge on any atom is 0.245 e. The third-order valence-electron chi connectivity index (χ3n) is 2.58. The van der Waals surface area contributed by atoms with Gasteiger partial charge in [-0.25, -0.2) is 8.42 Å². The van der Waals surface area contributed by atoms with Crippen molar-refractivity contribution in [1.82, 2.24) is 4.31 Å². The van der Waals surface area contributed by atoms with Gasteiger partial charge in [-0.05, 0) is 32.0 Å². The first-order chi connectivity index (χ1) is 8.80. The van der Waals surface area contributed by atoms with Crippen LogP contribution in [0.3, 0.4) is 0 Å². The molecule has 1 aromatic rings. The number of anilines is 1. The topological polar surface area (TPSA) is 87.2 Å². The van der Waals surface area contributed by atoms with E-state index in [1.807, 2.05) is 6.07 Å². The minimum absolute atomic E-state index is 0.0634. The second kappa shape index (κ2) is 6.37. The van der Waals surface area contributed by atoms with Crippen molar-refractivity contribution in [2.24, 2.45) is 0 Å². The van der Waals surface area contributed by atoms with Crippen LogP contribution in [0.2, 0.25) is 0 Å². The summed E-state index contributed by atoms with van der Waals surface area (Å²) in [6.07, 6.45) is 0.144. The molecule has 0 saturated carbocycles. The molecule has 2 N–H and O–H groups in total. The molecular formula is C12H16BrN3O2S. The molecule has 0 aliphatic carbocycles. The van der Waals surface area contributed by atoms with Crippen LogP contribution in [0.1, 0.15) is 20.3 Å². The van der Waals surface area contributed by atoms with Crippen LogP contribution in [-0.2, 0) is 10.0 Å². The number of nitriles is 1. The smallest absolute Gasteiger partial charge is 0.245 e. The van der Waals surface area contributed by atoms with Gasteiger partial charge in [0.25, 0.3) is 0 Å². The van der Waals surface area contributed by atoms with E-state index < -0.39 is 10.0 Å². The maximum atomic E-state index is 12.6. The zero-order chi connectivity index (χ0) is 14.6. The Morgan fingerprint density at radius 2 is 2.11 bits per heavy atom. The van der Waals surface area contributed by atoms with E-state index in [0.29, 0.717) is 4.47 Å². The average Bonchev–Trinajstić information content (AvgIpc) is 2.32. The summed E-state index contributed by atoms with van der Waals surface area (Å²) in [6, 6.07) is 6.42. The van der Waals surface area contributed by atoms with Crippen LogP contribution in [0, 0.1) is 11.3 Å². The third kappa shape index (κ3) is 3.69. The molecule has 0 atom stereocenters. The molecule has 0 amide bonds. The van der Waals surface area contributed by atoms with E-state index in [1.54, 1.807) is 26.0 Å². The molecule has 19 heavy (non-hydrogen) atoms. The molecule has 0 spiro atoms. The second-order valence-electron chi connectivity index (χ2n) is 4.30. The zero-order valence-electron chi connectivity index (χ0n) is 10.8. The fourth-order valence-corrected chi connectivity index (χ4v) is 3.97. The molecule has 0 aliphatic heterocycles. The molecule has 0 aliphatic rings. The first-order valence-corrected chi connectivity index (χ1v) is 7.98. The zero-order valence-corrected chi connectivity index (χ0v) is 13.2. The van der Waals surface area contributed by atoms with Crippen LogP contribution < -0.4 is 5.73 Å². The third-order valence-corrected chi connectivity index (χ3v) is 5.21. The van der Waals surface area contributed by atoms with Gasteiger partial charge in [0.15, 0.2) is 0 Å².